The van der Waals surface area contributed by atoms with E-state index in [-0.39, 0.29) is 11.3 Å². The lowest BCUT2D eigenvalue weighted by molar-refractivity contribution is -0.119. The zero-order chi connectivity index (χ0) is 13.0. The third kappa shape index (κ3) is 2.52. The third-order valence-corrected chi connectivity index (χ3v) is 3.70. The Morgan fingerprint density at radius 3 is 2.72 bits per heavy atom. The Balaban J connectivity index is 2.01. The lowest BCUT2D eigenvalue weighted by Gasteiger charge is -2.40. The molecule has 1 fully saturated rings. The van der Waals surface area contributed by atoms with Crippen molar-refractivity contribution in [3.63, 3.8) is 0 Å². The number of carbonyl (C=O) groups is 1. The summed E-state index contributed by atoms with van der Waals surface area (Å²) in [5.74, 6) is -0.0529. The van der Waals surface area contributed by atoms with Crippen LogP contribution in [0, 0.1) is 16.7 Å². The molecule has 4 heteroatoms. The molecule has 4 nitrogen and oxygen atoms in total. The van der Waals surface area contributed by atoms with E-state index in [0.717, 1.165) is 19.3 Å². The minimum Gasteiger partial charge on any atom is -0.330 e. The summed E-state index contributed by atoms with van der Waals surface area (Å²) in [7, 11) is 0. The van der Waals surface area contributed by atoms with Crippen LogP contribution in [0.4, 0.5) is 5.69 Å². The van der Waals surface area contributed by atoms with Crippen LogP contribution in [-0.4, -0.2) is 12.5 Å². The molecule has 1 aliphatic carbocycles. The van der Waals surface area contributed by atoms with Crippen LogP contribution in [0.1, 0.15) is 31.2 Å². The number of nitrogens with zero attached hydrogens (tertiary/aromatic N) is 1. The van der Waals surface area contributed by atoms with Gasteiger partial charge in [-0.2, -0.15) is 5.26 Å². The maximum atomic E-state index is 12.0. The average Bonchev–Trinajstić information content (AvgIpc) is 2.34. The van der Waals surface area contributed by atoms with Crippen molar-refractivity contribution in [2.24, 2.45) is 11.1 Å². The summed E-state index contributed by atoms with van der Waals surface area (Å²) < 4.78 is 0. The number of anilines is 1. The van der Waals surface area contributed by atoms with Crippen LogP contribution >= 0.6 is 0 Å². The molecular formula is C14H17N3O. The predicted octanol–water partition coefficient (Wildman–Crippen LogP) is 2.02. The maximum absolute atomic E-state index is 12.0. The molecule has 0 radical (unpaired) electrons. The van der Waals surface area contributed by atoms with E-state index in [1.165, 1.54) is 0 Å². The van der Waals surface area contributed by atoms with Crippen molar-refractivity contribution in [3.05, 3.63) is 29.8 Å². The quantitative estimate of drug-likeness (QED) is 0.849. The van der Waals surface area contributed by atoms with Crippen molar-refractivity contribution < 1.29 is 4.79 Å². The Morgan fingerprint density at radius 2 is 2.17 bits per heavy atom. The first-order valence-electron chi connectivity index (χ1n) is 6.18. The molecule has 1 aromatic carbocycles. The van der Waals surface area contributed by atoms with Crippen molar-refractivity contribution in [1.29, 1.82) is 5.26 Å². The zero-order valence-electron chi connectivity index (χ0n) is 10.3. The van der Waals surface area contributed by atoms with E-state index in [4.69, 9.17) is 11.0 Å². The van der Waals surface area contributed by atoms with E-state index in [1.54, 1.807) is 24.3 Å². The van der Waals surface area contributed by atoms with Gasteiger partial charge in [0.1, 0.15) is 6.07 Å². The van der Waals surface area contributed by atoms with Crippen LogP contribution < -0.4 is 11.1 Å². The van der Waals surface area contributed by atoms with Gasteiger partial charge in [0.15, 0.2) is 0 Å². The molecule has 3 N–H and O–H groups in total. The van der Waals surface area contributed by atoms with Crippen LogP contribution in [0.15, 0.2) is 24.3 Å². The molecule has 0 saturated heterocycles. The molecule has 0 aliphatic heterocycles. The van der Waals surface area contributed by atoms with Crippen LogP contribution in [0.3, 0.4) is 0 Å². The Morgan fingerprint density at radius 1 is 1.44 bits per heavy atom. The number of nitriles is 1. The summed E-state index contributed by atoms with van der Waals surface area (Å²) in [5, 5.41) is 11.7. The predicted molar refractivity (Wildman–Crippen MR) is 69.7 cm³/mol. The molecule has 0 unspecified atom stereocenters. The lowest BCUT2D eigenvalue weighted by Crippen LogP contribution is -2.40. The number of benzene rings is 1. The van der Waals surface area contributed by atoms with Crippen molar-refractivity contribution >= 4 is 11.6 Å². The Kier molecular flexibility index (Phi) is 3.63. The Bertz CT molecular complexity index is 481. The SMILES string of the molecule is N#Cc1ccccc1NC(=O)CC1(CN)CCC1. The van der Waals surface area contributed by atoms with Gasteiger partial charge in [-0.1, -0.05) is 18.6 Å². The van der Waals surface area contributed by atoms with E-state index in [0.29, 0.717) is 24.2 Å². The molecule has 1 saturated carbocycles. The molecule has 18 heavy (non-hydrogen) atoms. The highest BCUT2D eigenvalue weighted by atomic mass is 16.1. The third-order valence-electron chi connectivity index (χ3n) is 3.70. The fourth-order valence-electron chi connectivity index (χ4n) is 2.35. The molecule has 1 aromatic rings. The van der Waals surface area contributed by atoms with Gasteiger partial charge in [0, 0.05) is 6.42 Å². The summed E-state index contributed by atoms with van der Waals surface area (Å²) in [4.78, 5) is 12.0. The lowest BCUT2D eigenvalue weighted by atomic mass is 9.66. The average molecular weight is 243 g/mol. The number of hydrogen-bond donors (Lipinski definition) is 2. The van der Waals surface area contributed by atoms with E-state index in [9.17, 15) is 4.79 Å². The number of nitrogens with two attached hydrogens (primary N) is 1. The highest BCUT2D eigenvalue weighted by Crippen LogP contribution is 2.43. The van der Waals surface area contributed by atoms with E-state index >= 15 is 0 Å². The molecular weight excluding hydrogens is 226 g/mol. The van der Waals surface area contributed by atoms with Gasteiger partial charge in [0.05, 0.1) is 11.3 Å². The van der Waals surface area contributed by atoms with Crippen molar-refractivity contribution in [2.75, 3.05) is 11.9 Å². The first-order valence-corrected chi connectivity index (χ1v) is 6.18. The van der Waals surface area contributed by atoms with Crippen LogP contribution in [0.2, 0.25) is 0 Å². The van der Waals surface area contributed by atoms with Crippen LogP contribution in [-0.2, 0) is 4.79 Å². The van der Waals surface area contributed by atoms with E-state index in [1.807, 2.05) is 0 Å². The largest absolute Gasteiger partial charge is 0.330 e. The molecule has 0 atom stereocenters. The second-order valence-corrected chi connectivity index (χ2v) is 4.94. The standard InChI is InChI=1S/C14H17N3O/c15-9-11-4-1-2-5-12(11)17-13(18)8-14(10-16)6-3-7-14/h1-2,4-5H,3,6-8,10,16H2,(H,17,18). The fraction of sp³-hybridized carbons (Fsp3) is 0.429. The monoisotopic (exact) mass is 243 g/mol. The molecule has 0 heterocycles. The van der Waals surface area contributed by atoms with Crippen LogP contribution in [0.5, 0.6) is 0 Å². The highest BCUT2D eigenvalue weighted by molar-refractivity contribution is 5.92. The normalized spacial score (nSPS) is 16.4. The zero-order valence-corrected chi connectivity index (χ0v) is 10.3. The summed E-state index contributed by atoms with van der Waals surface area (Å²) in [6.45, 7) is 0.556. The molecule has 0 spiro atoms. The van der Waals surface area contributed by atoms with Gasteiger partial charge in [-0.3, -0.25) is 4.79 Å². The summed E-state index contributed by atoms with van der Waals surface area (Å²) in [5.41, 5.74) is 6.79. The number of hydrogen-bond acceptors (Lipinski definition) is 3. The smallest absolute Gasteiger partial charge is 0.225 e. The first kappa shape index (κ1) is 12.6. The minimum atomic E-state index is -0.0529. The van der Waals surface area contributed by atoms with Gasteiger partial charge < -0.3 is 11.1 Å². The minimum absolute atomic E-state index is 0.00826. The molecule has 0 bridgehead atoms. The molecule has 94 valence electrons. The maximum Gasteiger partial charge on any atom is 0.225 e. The number of para-hydroxylation sites is 1. The molecule has 1 aliphatic rings. The number of amides is 1. The van der Waals surface area contributed by atoms with E-state index in [2.05, 4.69) is 11.4 Å². The van der Waals surface area contributed by atoms with Crippen LogP contribution in [0.25, 0.3) is 0 Å². The first-order chi connectivity index (χ1) is 8.69. The van der Waals surface area contributed by atoms with Gasteiger partial charge in [-0.15, -0.1) is 0 Å². The van der Waals surface area contributed by atoms with Gasteiger partial charge >= 0.3 is 0 Å². The van der Waals surface area contributed by atoms with E-state index < -0.39 is 0 Å². The van der Waals surface area contributed by atoms with Gasteiger partial charge in [-0.25, -0.2) is 0 Å². The summed E-state index contributed by atoms with van der Waals surface area (Å²) >= 11 is 0. The second kappa shape index (κ2) is 5.19. The number of rotatable bonds is 4. The Hall–Kier alpha value is -1.86. The summed E-state index contributed by atoms with van der Waals surface area (Å²) in [6.07, 6.45) is 3.65. The number of nitrogens with one attached hydrogen (secondary N) is 1. The Labute approximate surface area is 107 Å². The topological polar surface area (TPSA) is 78.9 Å². The fourth-order valence-corrected chi connectivity index (χ4v) is 2.35. The van der Waals surface area contributed by atoms with Gasteiger partial charge in [0.2, 0.25) is 5.91 Å². The summed E-state index contributed by atoms with van der Waals surface area (Å²) in [6, 6.07) is 9.08. The van der Waals surface area contributed by atoms with Gasteiger partial charge in [0.25, 0.3) is 0 Å². The van der Waals surface area contributed by atoms with Crippen molar-refractivity contribution in [1.82, 2.24) is 0 Å². The second-order valence-electron chi connectivity index (χ2n) is 4.94. The number of carbonyl (C=O) groups excluding carboxylic acids is 1. The van der Waals surface area contributed by atoms with Crippen molar-refractivity contribution in [2.45, 2.75) is 25.7 Å². The van der Waals surface area contributed by atoms with Crippen molar-refractivity contribution in [3.8, 4) is 6.07 Å². The van der Waals surface area contributed by atoms with Gasteiger partial charge in [-0.05, 0) is 36.9 Å². The molecule has 1 amide bonds. The molecule has 2 rings (SSSR count). The highest BCUT2D eigenvalue weighted by Gasteiger charge is 2.37. The molecule has 0 aromatic heterocycles.